The molecule has 0 saturated heterocycles. The molecule has 1 aliphatic rings. The fourth-order valence-corrected chi connectivity index (χ4v) is 3.11. The van der Waals surface area contributed by atoms with Gasteiger partial charge in [-0.2, -0.15) is 0 Å². The Labute approximate surface area is 95.8 Å². The van der Waals surface area contributed by atoms with E-state index in [1.165, 1.54) is 16.5 Å². The van der Waals surface area contributed by atoms with Crippen LogP contribution in [0.2, 0.25) is 0 Å². The Morgan fingerprint density at radius 3 is 2.81 bits per heavy atom. The predicted molar refractivity (Wildman–Crippen MR) is 67.4 cm³/mol. The van der Waals surface area contributed by atoms with E-state index in [2.05, 4.69) is 43.1 Å². The fraction of sp³-hybridized carbons (Fsp3) is 0.429. The summed E-state index contributed by atoms with van der Waals surface area (Å²) in [6, 6.07) is 8.84. The second kappa shape index (κ2) is 3.11. The van der Waals surface area contributed by atoms with Gasteiger partial charge in [0.25, 0.3) is 0 Å². The Bertz CT molecular complexity index is 524. The first-order valence-corrected chi connectivity index (χ1v) is 5.91. The van der Waals surface area contributed by atoms with Crippen molar-refractivity contribution in [2.45, 2.75) is 19.8 Å². The SMILES string of the molecule is CC1(C)[C@H](CN)[C@H]1c1ccc2[nH]ccc2c1. The summed E-state index contributed by atoms with van der Waals surface area (Å²) in [6.45, 7) is 5.43. The number of nitrogens with one attached hydrogen (secondary N) is 1. The minimum absolute atomic E-state index is 0.374. The Morgan fingerprint density at radius 2 is 2.12 bits per heavy atom. The Hall–Kier alpha value is -1.28. The summed E-state index contributed by atoms with van der Waals surface area (Å²) >= 11 is 0. The molecule has 3 rings (SSSR count). The molecule has 2 atom stereocenters. The molecule has 1 heterocycles. The number of hydrogen-bond donors (Lipinski definition) is 2. The number of aromatic amines is 1. The molecule has 0 radical (unpaired) electrons. The Kier molecular flexibility index (Phi) is 1.93. The zero-order chi connectivity index (χ0) is 11.3. The molecule has 1 saturated carbocycles. The van der Waals surface area contributed by atoms with Crippen molar-refractivity contribution < 1.29 is 0 Å². The average molecular weight is 214 g/mol. The van der Waals surface area contributed by atoms with Gasteiger partial charge in [-0.15, -0.1) is 0 Å². The lowest BCUT2D eigenvalue weighted by Crippen LogP contribution is -2.05. The maximum absolute atomic E-state index is 5.82. The normalized spacial score (nSPS) is 27.2. The summed E-state index contributed by atoms with van der Waals surface area (Å²) in [7, 11) is 0. The van der Waals surface area contributed by atoms with Gasteiger partial charge in [-0.05, 0) is 52.9 Å². The van der Waals surface area contributed by atoms with Gasteiger partial charge in [0.1, 0.15) is 0 Å². The quantitative estimate of drug-likeness (QED) is 0.793. The van der Waals surface area contributed by atoms with Crippen molar-refractivity contribution in [2.24, 2.45) is 17.1 Å². The van der Waals surface area contributed by atoms with Gasteiger partial charge in [-0.3, -0.25) is 0 Å². The molecule has 2 nitrogen and oxygen atoms in total. The molecule has 0 spiro atoms. The van der Waals surface area contributed by atoms with E-state index in [-0.39, 0.29) is 0 Å². The van der Waals surface area contributed by atoms with Crippen LogP contribution in [0.4, 0.5) is 0 Å². The van der Waals surface area contributed by atoms with Gasteiger partial charge in [0.05, 0.1) is 0 Å². The molecule has 0 unspecified atom stereocenters. The Morgan fingerprint density at radius 1 is 1.31 bits per heavy atom. The van der Waals surface area contributed by atoms with Gasteiger partial charge >= 0.3 is 0 Å². The number of aromatic nitrogens is 1. The van der Waals surface area contributed by atoms with E-state index >= 15 is 0 Å². The van der Waals surface area contributed by atoms with Crippen molar-refractivity contribution in [3.63, 3.8) is 0 Å². The van der Waals surface area contributed by atoms with Crippen molar-refractivity contribution in [1.29, 1.82) is 0 Å². The minimum Gasteiger partial charge on any atom is -0.361 e. The third kappa shape index (κ3) is 1.23. The van der Waals surface area contributed by atoms with Crippen molar-refractivity contribution in [3.8, 4) is 0 Å². The molecule has 84 valence electrons. The van der Waals surface area contributed by atoms with E-state index in [0.717, 1.165) is 6.54 Å². The molecule has 1 fully saturated rings. The van der Waals surface area contributed by atoms with E-state index < -0.39 is 0 Å². The molecule has 0 amide bonds. The molecule has 0 bridgehead atoms. The lowest BCUT2D eigenvalue weighted by molar-refractivity contribution is 0.558. The first-order valence-electron chi connectivity index (χ1n) is 5.91. The highest BCUT2D eigenvalue weighted by Crippen LogP contribution is 2.63. The lowest BCUT2D eigenvalue weighted by atomic mass is 10.0. The van der Waals surface area contributed by atoms with Crippen LogP contribution in [0.1, 0.15) is 25.3 Å². The molecule has 2 heteroatoms. The van der Waals surface area contributed by atoms with Gasteiger partial charge in [0.15, 0.2) is 0 Å². The number of nitrogens with two attached hydrogens (primary N) is 1. The van der Waals surface area contributed by atoms with Gasteiger partial charge in [0.2, 0.25) is 0 Å². The van der Waals surface area contributed by atoms with Crippen molar-refractivity contribution in [1.82, 2.24) is 4.98 Å². The molecule has 3 N–H and O–H groups in total. The molecular weight excluding hydrogens is 196 g/mol. The summed E-state index contributed by atoms with van der Waals surface area (Å²) in [4.78, 5) is 3.23. The number of hydrogen-bond acceptors (Lipinski definition) is 1. The van der Waals surface area contributed by atoms with Gasteiger partial charge in [-0.1, -0.05) is 19.9 Å². The van der Waals surface area contributed by atoms with E-state index in [9.17, 15) is 0 Å². The molecule has 16 heavy (non-hydrogen) atoms. The van der Waals surface area contributed by atoms with E-state index in [1.54, 1.807) is 0 Å². The largest absolute Gasteiger partial charge is 0.361 e. The summed E-state index contributed by atoms with van der Waals surface area (Å²) in [5, 5.41) is 1.30. The third-order valence-electron chi connectivity index (χ3n) is 4.24. The number of H-pyrrole nitrogens is 1. The van der Waals surface area contributed by atoms with Gasteiger partial charge in [0, 0.05) is 11.7 Å². The summed E-state index contributed by atoms with van der Waals surface area (Å²) < 4.78 is 0. The van der Waals surface area contributed by atoms with Gasteiger partial charge < -0.3 is 10.7 Å². The fourth-order valence-electron chi connectivity index (χ4n) is 3.11. The molecular formula is C14H18N2. The highest BCUT2D eigenvalue weighted by Gasteiger charge is 2.57. The maximum atomic E-state index is 5.82. The van der Waals surface area contributed by atoms with Crippen LogP contribution in [-0.2, 0) is 0 Å². The highest BCUT2D eigenvalue weighted by molar-refractivity contribution is 5.80. The van der Waals surface area contributed by atoms with Gasteiger partial charge in [-0.25, -0.2) is 0 Å². The molecule has 0 aliphatic heterocycles. The first kappa shape index (κ1) is 9.91. The van der Waals surface area contributed by atoms with E-state index in [0.29, 0.717) is 17.3 Å². The summed E-state index contributed by atoms with van der Waals surface area (Å²) in [5.74, 6) is 1.28. The third-order valence-corrected chi connectivity index (χ3v) is 4.24. The van der Waals surface area contributed by atoms with Crippen LogP contribution in [-0.4, -0.2) is 11.5 Å². The molecule has 1 aromatic carbocycles. The van der Waals surface area contributed by atoms with Crippen LogP contribution < -0.4 is 5.73 Å². The molecule has 2 aromatic rings. The Balaban J connectivity index is 2.01. The van der Waals surface area contributed by atoms with Crippen LogP contribution in [0, 0.1) is 11.3 Å². The smallest absolute Gasteiger partial charge is 0.0454 e. The van der Waals surface area contributed by atoms with E-state index in [1.807, 2.05) is 6.20 Å². The number of rotatable bonds is 2. The van der Waals surface area contributed by atoms with Crippen LogP contribution >= 0.6 is 0 Å². The maximum Gasteiger partial charge on any atom is 0.0454 e. The lowest BCUT2D eigenvalue weighted by Gasteiger charge is -2.03. The average Bonchev–Trinajstić information content (AvgIpc) is 2.62. The number of benzene rings is 1. The second-order valence-corrected chi connectivity index (χ2v) is 5.47. The second-order valence-electron chi connectivity index (χ2n) is 5.47. The molecule has 1 aliphatic carbocycles. The zero-order valence-electron chi connectivity index (χ0n) is 9.83. The van der Waals surface area contributed by atoms with Crippen molar-refractivity contribution in [2.75, 3.05) is 6.54 Å². The summed E-state index contributed by atoms with van der Waals surface area (Å²) in [5.41, 5.74) is 8.85. The topological polar surface area (TPSA) is 41.8 Å². The standard InChI is InChI=1S/C14H18N2/c1-14(2)11(8-15)13(14)10-3-4-12-9(7-10)5-6-16-12/h3-7,11,13,16H,8,15H2,1-2H3/t11-,13-/m1/s1. The number of fused-ring (bicyclic) bond motifs is 1. The van der Waals surface area contributed by atoms with Crippen LogP contribution in [0.5, 0.6) is 0 Å². The predicted octanol–water partition coefficient (Wildman–Crippen LogP) is 2.87. The molecule has 1 aromatic heterocycles. The van der Waals surface area contributed by atoms with Crippen LogP contribution in [0.3, 0.4) is 0 Å². The van der Waals surface area contributed by atoms with Crippen LogP contribution in [0.25, 0.3) is 10.9 Å². The van der Waals surface area contributed by atoms with E-state index in [4.69, 9.17) is 5.73 Å². The zero-order valence-corrected chi connectivity index (χ0v) is 9.83. The van der Waals surface area contributed by atoms with Crippen LogP contribution in [0.15, 0.2) is 30.5 Å². The van der Waals surface area contributed by atoms with Crippen molar-refractivity contribution >= 4 is 10.9 Å². The highest BCUT2D eigenvalue weighted by atomic mass is 14.7. The summed E-state index contributed by atoms with van der Waals surface area (Å²) in [6.07, 6.45) is 1.99. The first-order chi connectivity index (χ1) is 7.64. The minimum atomic E-state index is 0.374. The van der Waals surface area contributed by atoms with Crippen molar-refractivity contribution in [3.05, 3.63) is 36.0 Å². The monoisotopic (exact) mass is 214 g/mol.